The van der Waals surface area contributed by atoms with E-state index in [1.165, 1.54) is 30.7 Å². The number of nitrogens with zero attached hydrogens (tertiary/aromatic N) is 5. The van der Waals surface area contributed by atoms with Gasteiger partial charge in [0, 0.05) is 47.0 Å². The second-order valence-corrected chi connectivity index (χ2v) is 9.39. The van der Waals surface area contributed by atoms with Crippen molar-refractivity contribution < 1.29 is 4.39 Å². The van der Waals surface area contributed by atoms with Crippen LogP contribution >= 0.6 is 11.8 Å². The quantitative estimate of drug-likeness (QED) is 0.513. The first kappa shape index (κ1) is 21.6. The molecule has 1 fully saturated rings. The normalized spacial score (nSPS) is 18.5. The van der Waals surface area contributed by atoms with Crippen LogP contribution in [0.15, 0.2) is 40.2 Å². The maximum Gasteiger partial charge on any atom is 0.156 e. The van der Waals surface area contributed by atoms with Crippen molar-refractivity contribution in [2.75, 3.05) is 11.6 Å². The van der Waals surface area contributed by atoms with E-state index >= 15 is 0 Å². The highest BCUT2D eigenvalue weighted by atomic mass is 32.2. The Morgan fingerprint density at radius 3 is 2.73 bits per heavy atom. The van der Waals surface area contributed by atoms with Gasteiger partial charge in [-0.25, -0.2) is 18.7 Å². The molecule has 1 saturated carbocycles. The molecule has 2 aliphatic rings. The second kappa shape index (κ2) is 8.62. The Hall–Kier alpha value is -3.20. The number of amidine groups is 1. The highest BCUT2D eigenvalue weighted by Crippen LogP contribution is 2.36. The minimum absolute atomic E-state index is 0.213. The van der Waals surface area contributed by atoms with E-state index in [-0.39, 0.29) is 11.7 Å². The van der Waals surface area contributed by atoms with Crippen molar-refractivity contribution in [2.24, 2.45) is 10.9 Å². The maximum atomic E-state index is 14.1. The number of benzene rings is 1. The van der Waals surface area contributed by atoms with E-state index in [0.29, 0.717) is 23.1 Å². The fourth-order valence-corrected chi connectivity index (χ4v) is 4.59. The molecule has 2 aromatic heterocycles. The van der Waals surface area contributed by atoms with Gasteiger partial charge in [0.1, 0.15) is 17.5 Å². The molecule has 2 N–H and O–H groups in total. The van der Waals surface area contributed by atoms with Crippen molar-refractivity contribution in [2.45, 2.75) is 44.6 Å². The van der Waals surface area contributed by atoms with Crippen LogP contribution in [0.4, 0.5) is 10.2 Å². The first-order valence-electron chi connectivity index (χ1n) is 11.0. The molecule has 0 unspecified atom stereocenters. The Labute approximate surface area is 196 Å². The average Bonchev–Trinajstić information content (AvgIpc) is 3.43. The minimum atomic E-state index is -0.233. The van der Waals surface area contributed by atoms with E-state index in [0.717, 1.165) is 40.6 Å². The lowest BCUT2D eigenvalue weighted by Gasteiger charge is -2.10. The van der Waals surface area contributed by atoms with Gasteiger partial charge in [-0.1, -0.05) is 0 Å². The van der Waals surface area contributed by atoms with Crippen LogP contribution in [-0.4, -0.2) is 37.9 Å². The molecule has 5 rings (SSSR count). The zero-order valence-corrected chi connectivity index (χ0v) is 19.7. The number of anilines is 1. The lowest BCUT2D eigenvalue weighted by molar-refractivity contribution is 0.571. The highest BCUT2D eigenvalue weighted by Gasteiger charge is 2.27. The average molecular weight is 464 g/mol. The van der Waals surface area contributed by atoms with Crippen LogP contribution in [0.3, 0.4) is 0 Å². The summed E-state index contributed by atoms with van der Waals surface area (Å²) in [6, 6.07) is 7.10. The predicted molar refractivity (Wildman–Crippen MR) is 132 cm³/mol. The Bertz CT molecular complexity index is 1300. The molecule has 0 atom stereocenters. The standard InChI is InChI=1S/C24H26FN7S/c1-14-10-15(2)32(29-14)22-12-21(26)28-24-18(8-9-27-22)23(30-31(24)13-16-4-5-16)17-6-7-19(25)20(11-17)33-3/h6-7,9-12,16H,4-5,8,13H2,1-3H3,(H2,26,28)/b22-12+,27-9-. The first-order chi connectivity index (χ1) is 15.9. The molecular weight excluding hydrogens is 437 g/mol. The van der Waals surface area contributed by atoms with Crippen LogP contribution in [0.1, 0.15) is 29.8 Å². The number of hydrogen-bond acceptors (Lipinski definition) is 5. The van der Waals surface area contributed by atoms with Crippen molar-refractivity contribution >= 4 is 35.5 Å². The molecule has 3 aromatic rings. The Morgan fingerprint density at radius 2 is 2.03 bits per heavy atom. The Morgan fingerprint density at radius 1 is 1.21 bits per heavy atom. The van der Waals surface area contributed by atoms with Gasteiger partial charge in [0.05, 0.1) is 11.4 Å². The van der Waals surface area contributed by atoms with Gasteiger partial charge in [0.2, 0.25) is 0 Å². The third-order valence-corrected chi connectivity index (χ3v) is 6.63. The molecular formula is C24H26FN7S. The molecule has 0 saturated heterocycles. The van der Waals surface area contributed by atoms with E-state index in [9.17, 15) is 4.39 Å². The summed E-state index contributed by atoms with van der Waals surface area (Å²) in [7, 11) is 0. The first-order valence-corrected chi connectivity index (χ1v) is 12.2. The number of aromatic nitrogens is 4. The Balaban J connectivity index is 1.59. The smallest absolute Gasteiger partial charge is 0.156 e. The summed E-state index contributed by atoms with van der Waals surface area (Å²) in [6.45, 7) is 4.70. The molecule has 9 heteroatoms. The van der Waals surface area contributed by atoms with Crippen molar-refractivity contribution in [1.29, 1.82) is 5.41 Å². The topological polar surface area (TPSA) is 83.9 Å². The number of halogens is 1. The molecule has 7 nitrogen and oxygen atoms in total. The molecule has 1 aromatic carbocycles. The van der Waals surface area contributed by atoms with Crippen molar-refractivity contribution in [3.05, 3.63) is 53.1 Å². The Kier molecular flexibility index (Phi) is 5.65. The lowest BCUT2D eigenvalue weighted by atomic mass is 10.1. The third-order valence-electron chi connectivity index (χ3n) is 5.88. The summed E-state index contributed by atoms with van der Waals surface area (Å²) >= 11 is 1.38. The fraction of sp³-hybridized carbons (Fsp3) is 0.333. The van der Waals surface area contributed by atoms with Gasteiger partial charge in [0.25, 0.3) is 0 Å². The summed E-state index contributed by atoms with van der Waals surface area (Å²) in [5.41, 5.74) is 4.46. The van der Waals surface area contributed by atoms with Gasteiger partial charge < -0.3 is 5.32 Å². The van der Waals surface area contributed by atoms with E-state index in [1.54, 1.807) is 16.8 Å². The number of hydrogen-bond donors (Lipinski definition) is 2. The molecule has 0 radical (unpaired) electrons. The molecule has 3 heterocycles. The molecule has 1 aliphatic heterocycles. The second-order valence-electron chi connectivity index (χ2n) is 8.55. The van der Waals surface area contributed by atoms with Crippen LogP contribution < -0.4 is 5.32 Å². The summed E-state index contributed by atoms with van der Waals surface area (Å²) in [5, 5.41) is 21.3. The highest BCUT2D eigenvalue weighted by molar-refractivity contribution is 7.98. The van der Waals surface area contributed by atoms with Gasteiger partial charge >= 0.3 is 0 Å². The SMILES string of the molecule is CSc1cc(-c2nn(CC3CC3)c3c2C/C=N\C(n2nc(C)cc2C)=C/C(=N)N3)ccc1F. The summed E-state index contributed by atoms with van der Waals surface area (Å²) in [4.78, 5) is 5.24. The fourth-order valence-electron chi connectivity index (χ4n) is 4.09. The van der Waals surface area contributed by atoms with Gasteiger partial charge in [-0.2, -0.15) is 10.2 Å². The summed E-state index contributed by atoms with van der Waals surface area (Å²) in [5.74, 6) is 1.97. The van der Waals surface area contributed by atoms with Crippen LogP contribution in [-0.2, 0) is 13.0 Å². The van der Waals surface area contributed by atoms with Crippen molar-refractivity contribution in [3.63, 3.8) is 0 Å². The van der Waals surface area contributed by atoms with Gasteiger partial charge in [-0.05, 0) is 63.1 Å². The van der Waals surface area contributed by atoms with Crippen LogP contribution in [0, 0.1) is 31.0 Å². The maximum absolute atomic E-state index is 14.1. The number of thioether (sulfide) groups is 1. The number of aliphatic imine (C=N–C) groups is 1. The van der Waals surface area contributed by atoms with Gasteiger partial charge in [-0.3, -0.25) is 5.41 Å². The summed E-state index contributed by atoms with van der Waals surface area (Å²) < 4.78 is 17.9. The van der Waals surface area contributed by atoms with Crippen molar-refractivity contribution in [3.8, 4) is 11.3 Å². The van der Waals surface area contributed by atoms with Crippen LogP contribution in [0.5, 0.6) is 0 Å². The molecule has 0 amide bonds. The number of fused-ring (bicyclic) bond motifs is 1. The summed E-state index contributed by atoms with van der Waals surface area (Å²) in [6.07, 6.45) is 8.30. The van der Waals surface area contributed by atoms with E-state index in [2.05, 4.69) is 15.4 Å². The van der Waals surface area contributed by atoms with Crippen LogP contribution in [0.25, 0.3) is 17.1 Å². The minimum Gasteiger partial charge on any atom is -0.325 e. The van der Waals surface area contributed by atoms with Crippen LogP contribution in [0.2, 0.25) is 0 Å². The molecule has 33 heavy (non-hydrogen) atoms. The third kappa shape index (κ3) is 4.37. The monoisotopic (exact) mass is 463 g/mol. The number of nitrogens with one attached hydrogen (secondary N) is 2. The predicted octanol–water partition coefficient (Wildman–Crippen LogP) is 5.15. The van der Waals surface area contributed by atoms with E-state index in [1.807, 2.05) is 43.1 Å². The van der Waals surface area contributed by atoms with Crippen molar-refractivity contribution in [1.82, 2.24) is 19.6 Å². The van der Waals surface area contributed by atoms with Gasteiger partial charge in [0.15, 0.2) is 5.82 Å². The largest absolute Gasteiger partial charge is 0.325 e. The van der Waals surface area contributed by atoms with Gasteiger partial charge in [-0.15, -0.1) is 11.8 Å². The molecule has 0 bridgehead atoms. The molecule has 170 valence electrons. The van der Waals surface area contributed by atoms with E-state index < -0.39 is 0 Å². The zero-order chi connectivity index (χ0) is 23.1. The zero-order valence-electron chi connectivity index (χ0n) is 18.9. The molecule has 0 spiro atoms. The molecule has 1 aliphatic carbocycles. The lowest BCUT2D eigenvalue weighted by Crippen LogP contribution is -2.15. The van der Waals surface area contributed by atoms with E-state index in [4.69, 9.17) is 10.5 Å². The number of rotatable bonds is 5. The number of aryl methyl sites for hydroxylation is 2.